The number of hydrogen-bond donors (Lipinski definition) is 3. The summed E-state index contributed by atoms with van der Waals surface area (Å²) in [4.78, 5) is 19.4. The van der Waals surface area contributed by atoms with Gasteiger partial charge in [0, 0.05) is 21.1 Å². The Kier molecular flexibility index (Phi) is 4.66. The van der Waals surface area contributed by atoms with Crippen molar-refractivity contribution < 1.29 is 9.80 Å². The van der Waals surface area contributed by atoms with Crippen molar-refractivity contribution in [2.45, 2.75) is 20.4 Å². The van der Waals surface area contributed by atoms with Crippen molar-refractivity contribution in [2.24, 2.45) is 0 Å². The number of halogens is 1. The number of rotatable bonds is 3. The van der Waals surface area contributed by atoms with Gasteiger partial charge in [-0.1, -0.05) is 15.9 Å². The molecule has 1 aromatic heterocycles. The zero-order valence-corrected chi connectivity index (χ0v) is 14.8. The normalized spacial score (nSPS) is 22.1. The third-order valence-corrected chi connectivity index (χ3v) is 5.36. The molecule has 1 fully saturated rings. The largest absolute Gasteiger partial charge is 0.358 e. The van der Waals surface area contributed by atoms with E-state index in [1.54, 1.807) is 4.90 Å². The van der Waals surface area contributed by atoms with Gasteiger partial charge in [0.15, 0.2) is 5.43 Å². The fourth-order valence-corrected chi connectivity index (χ4v) is 3.74. The molecule has 0 spiro atoms. The molecule has 5 heteroatoms. The van der Waals surface area contributed by atoms with Gasteiger partial charge in [0.25, 0.3) is 0 Å². The van der Waals surface area contributed by atoms with Gasteiger partial charge >= 0.3 is 0 Å². The number of pyridine rings is 1. The lowest BCUT2D eigenvalue weighted by Crippen LogP contribution is -3.27. The summed E-state index contributed by atoms with van der Waals surface area (Å²) in [6, 6.07) is 5.86. The number of benzene rings is 1. The molecule has 0 aliphatic carbocycles. The number of likely N-dealkylation sites (N-methyl/N-ethyl adjacent to an activating group) is 1. The van der Waals surface area contributed by atoms with Gasteiger partial charge in [0.05, 0.1) is 12.1 Å². The molecule has 3 N–H and O–H groups in total. The molecule has 1 aliphatic heterocycles. The van der Waals surface area contributed by atoms with E-state index in [2.05, 4.69) is 27.8 Å². The van der Waals surface area contributed by atoms with Crippen LogP contribution in [0.3, 0.4) is 0 Å². The van der Waals surface area contributed by atoms with E-state index in [-0.39, 0.29) is 5.43 Å². The number of aromatic amines is 1. The average Bonchev–Trinajstić information content (AvgIpc) is 2.53. The number of hydrogen-bond acceptors (Lipinski definition) is 1. The highest BCUT2D eigenvalue weighted by molar-refractivity contribution is 9.10. The van der Waals surface area contributed by atoms with Crippen molar-refractivity contribution in [1.29, 1.82) is 0 Å². The summed E-state index contributed by atoms with van der Waals surface area (Å²) >= 11 is 3.46. The van der Waals surface area contributed by atoms with Crippen molar-refractivity contribution in [3.05, 3.63) is 44.2 Å². The lowest BCUT2D eigenvalue weighted by molar-refractivity contribution is -1.02. The van der Waals surface area contributed by atoms with Crippen LogP contribution in [0.1, 0.15) is 18.2 Å². The Morgan fingerprint density at radius 2 is 1.86 bits per heavy atom. The Morgan fingerprint density at radius 3 is 2.55 bits per heavy atom. The summed E-state index contributed by atoms with van der Waals surface area (Å²) in [5, 5.41) is 0.784. The Bertz CT molecular complexity index is 732. The molecule has 118 valence electrons. The highest BCUT2D eigenvalue weighted by Crippen LogP contribution is 2.17. The summed E-state index contributed by atoms with van der Waals surface area (Å²) in [5.41, 5.74) is 3.06. The standard InChI is InChI=1S/C17H22BrN3O/c1-3-20-6-8-21(9-7-20)11-15-12(2)19-16-5-4-13(18)10-14(16)17(15)22/h4-5,10H,3,6-9,11H2,1-2H3,(H,19,22)/p+2. The van der Waals surface area contributed by atoms with Crippen LogP contribution in [0.4, 0.5) is 0 Å². The first kappa shape index (κ1) is 15.7. The number of H-pyrrole nitrogens is 1. The van der Waals surface area contributed by atoms with Crippen molar-refractivity contribution in [2.75, 3.05) is 32.7 Å². The van der Waals surface area contributed by atoms with Crippen molar-refractivity contribution >= 4 is 26.8 Å². The van der Waals surface area contributed by atoms with Crippen LogP contribution in [0.5, 0.6) is 0 Å². The molecule has 2 aromatic rings. The van der Waals surface area contributed by atoms with Crippen LogP contribution in [0.2, 0.25) is 0 Å². The lowest BCUT2D eigenvalue weighted by Gasteiger charge is -2.29. The zero-order chi connectivity index (χ0) is 15.7. The predicted molar refractivity (Wildman–Crippen MR) is 92.6 cm³/mol. The van der Waals surface area contributed by atoms with Crippen molar-refractivity contribution in [3.63, 3.8) is 0 Å². The highest BCUT2D eigenvalue weighted by atomic mass is 79.9. The van der Waals surface area contributed by atoms with Gasteiger partial charge in [0.2, 0.25) is 0 Å². The number of fused-ring (bicyclic) bond motifs is 1. The molecule has 1 aliphatic rings. The molecule has 0 atom stereocenters. The van der Waals surface area contributed by atoms with Crippen LogP contribution in [0.25, 0.3) is 10.9 Å². The van der Waals surface area contributed by atoms with Crippen LogP contribution in [-0.4, -0.2) is 37.7 Å². The quantitative estimate of drug-likeness (QED) is 0.698. The Labute approximate surface area is 139 Å². The smallest absolute Gasteiger partial charge is 0.198 e. The second-order valence-electron chi connectivity index (χ2n) is 6.28. The van der Waals surface area contributed by atoms with E-state index in [0.717, 1.165) is 46.3 Å². The minimum Gasteiger partial charge on any atom is -0.358 e. The number of aromatic nitrogens is 1. The monoisotopic (exact) mass is 365 g/mol. The molecular formula is C17H24BrN3O+2. The molecule has 0 saturated carbocycles. The third-order valence-electron chi connectivity index (χ3n) is 4.87. The van der Waals surface area contributed by atoms with E-state index in [1.807, 2.05) is 25.1 Å². The summed E-state index contributed by atoms with van der Waals surface area (Å²) in [7, 11) is 0. The maximum atomic E-state index is 12.8. The molecule has 0 unspecified atom stereocenters. The maximum Gasteiger partial charge on any atom is 0.198 e. The van der Waals surface area contributed by atoms with E-state index in [0.29, 0.717) is 0 Å². The van der Waals surface area contributed by atoms with Gasteiger partial charge < -0.3 is 14.8 Å². The topological polar surface area (TPSA) is 41.7 Å². The molecule has 4 nitrogen and oxygen atoms in total. The Morgan fingerprint density at radius 1 is 1.18 bits per heavy atom. The van der Waals surface area contributed by atoms with Crippen molar-refractivity contribution in [3.8, 4) is 0 Å². The summed E-state index contributed by atoms with van der Waals surface area (Å²) in [6.45, 7) is 11.0. The minimum absolute atomic E-state index is 0.185. The fraction of sp³-hybridized carbons (Fsp3) is 0.471. The number of aryl methyl sites for hydroxylation is 1. The second kappa shape index (κ2) is 6.52. The number of piperazine rings is 1. The van der Waals surface area contributed by atoms with Crippen LogP contribution in [0.15, 0.2) is 27.5 Å². The van der Waals surface area contributed by atoms with Gasteiger partial charge in [-0.2, -0.15) is 0 Å². The highest BCUT2D eigenvalue weighted by Gasteiger charge is 2.23. The third kappa shape index (κ3) is 3.12. The SMILES string of the molecule is CC[NH+]1CC[NH+](Cc2c(C)[nH]c3ccc(Br)cc3c2=O)CC1. The van der Waals surface area contributed by atoms with Gasteiger partial charge in [-0.3, -0.25) is 4.79 Å². The second-order valence-corrected chi connectivity index (χ2v) is 7.19. The molecule has 0 amide bonds. The summed E-state index contributed by atoms with van der Waals surface area (Å²) in [5.74, 6) is 0. The maximum absolute atomic E-state index is 12.8. The number of quaternary nitrogens is 2. The first-order chi connectivity index (χ1) is 10.6. The lowest BCUT2D eigenvalue weighted by atomic mass is 10.1. The van der Waals surface area contributed by atoms with Crippen LogP contribution >= 0.6 is 15.9 Å². The molecular weight excluding hydrogens is 342 g/mol. The van der Waals surface area contributed by atoms with E-state index in [4.69, 9.17) is 0 Å². The first-order valence-electron chi connectivity index (χ1n) is 8.06. The summed E-state index contributed by atoms with van der Waals surface area (Å²) < 4.78 is 0.952. The van der Waals surface area contributed by atoms with Gasteiger partial charge in [0.1, 0.15) is 32.7 Å². The van der Waals surface area contributed by atoms with Crippen molar-refractivity contribution in [1.82, 2.24) is 4.98 Å². The van der Waals surface area contributed by atoms with E-state index < -0.39 is 0 Å². The van der Waals surface area contributed by atoms with E-state index in [1.165, 1.54) is 24.5 Å². The van der Waals surface area contributed by atoms with Crippen LogP contribution in [0, 0.1) is 6.92 Å². The van der Waals surface area contributed by atoms with Crippen LogP contribution in [-0.2, 0) is 6.54 Å². The van der Waals surface area contributed by atoms with Gasteiger partial charge in [-0.05, 0) is 32.0 Å². The first-order valence-corrected chi connectivity index (χ1v) is 8.86. The van der Waals surface area contributed by atoms with E-state index in [9.17, 15) is 4.79 Å². The molecule has 2 heterocycles. The molecule has 0 bridgehead atoms. The average molecular weight is 366 g/mol. The molecule has 0 radical (unpaired) electrons. The Hall–Kier alpha value is -1.17. The molecule has 1 aromatic carbocycles. The van der Waals surface area contributed by atoms with Gasteiger partial charge in [-0.15, -0.1) is 0 Å². The predicted octanol–water partition coefficient (Wildman–Crippen LogP) is -0.0977. The fourth-order valence-electron chi connectivity index (χ4n) is 3.37. The molecule has 1 saturated heterocycles. The summed E-state index contributed by atoms with van der Waals surface area (Å²) in [6.07, 6.45) is 0. The minimum atomic E-state index is 0.185. The van der Waals surface area contributed by atoms with Crippen LogP contribution < -0.4 is 15.2 Å². The Balaban J connectivity index is 1.89. The molecule has 3 rings (SSSR count). The van der Waals surface area contributed by atoms with Gasteiger partial charge in [-0.25, -0.2) is 0 Å². The molecule has 22 heavy (non-hydrogen) atoms. The zero-order valence-electron chi connectivity index (χ0n) is 13.3. The van der Waals surface area contributed by atoms with E-state index >= 15 is 0 Å². The number of nitrogens with one attached hydrogen (secondary N) is 3.